The van der Waals surface area contributed by atoms with E-state index in [0.29, 0.717) is 37.5 Å². The van der Waals surface area contributed by atoms with E-state index in [-0.39, 0.29) is 29.4 Å². The van der Waals surface area contributed by atoms with E-state index in [9.17, 15) is 18.0 Å². The minimum atomic E-state index is -3.76. The van der Waals surface area contributed by atoms with Gasteiger partial charge in [-0.25, -0.2) is 13.2 Å². The zero-order valence-electron chi connectivity index (χ0n) is 19.4. The fourth-order valence-corrected chi connectivity index (χ4v) is 5.44. The molecule has 0 saturated carbocycles. The first-order valence-electron chi connectivity index (χ1n) is 10.9. The summed E-state index contributed by atoms with van der Waals surface area (Å²) in [5, 5.41) is 2.65. The lowest BCUT2D eigenvalue weighted by molar-refractivity contribution is -0.118. The molecule has 1 aromatic carbocycles. The lowest BCUT2D eigenvalue weighted by Crippen LogP contribution is -2.48. The number of fused-ring (bicyclic) bond motifs is 1. The van der Waals surface area contributed by atoms with Gasteiger partial charge in [-0.2, -0.15) is 4.31 Å². The molecule has 2 heterocycles. The van der Waals surface area contributed by atoms with Gasteiger partial charge in [0.15, 0.2) is 6.61 Å². The van der Waals surface area contributed by atoms with Gasteiger partial charge >= 0.3 is 6.09 Å². The van der Waals surface area contributed by atoms with Gasteiger partial charge in [-0.05, 0) is 71.6 Å². The average molecular weight is 468 g/mol. The van der Waals surface area contributed by atoms with E-state index >= 15 is 0 Å². The van der Waals surface area contributed by atoms with Crippen LogP contribution in [0.15, 0.2) is 23.1 Å². The second kappa shape index (κ2) is 9.27. The molecule has 1 fully saturated rings. The third kappa shape index (κ3) is 5.72. The smallest absolute Gasteiger partial charge is 0.410 e. The molecule has 1 N–H and O–H groups in total. The Kier molecular flexibility index (Phi) is 7.04. The monoisotopic (exact) mass is 467 g/mol. The molecular weight excluding hydrogens is 434 g/mol. The van der Waals surface area contributed by atoms with E-state index in [4.69, 9.17) is 9.47 Å². The van der Waals surface area contributed by atoms with Gasteiger partial charge < -0.3 is 19.7 Å². The molecule has 0 unspecified atom stereocenters. The SMILES string of the molecule is CC(C)N(C[C@H]1CCCN(S(=O)(=O)c2ccc3c(c2)NC(=O)CO3)C1)C(=O)OC(C)(C)C. The van der Waals surface area contributed by atoms with Crippen molar-refractivity contribution < 1.29 is 27.5 Å². The molecule has 9 nitrogen and oxygen atoms in total. The number of sulfonamides is 1. The molecule has 0 aliphatic carbocycles. The Morgan fingerprint density at radius 1 is 1.34 bits per heavy atom. The van der Waals surface area contributed by atoms with E-state index in [2.05, 4.69) is 5.32 Å². The van der Waals surface area contributed by atoms with Crippen LogP contribution in [0.2, 0.25) is 0 Å². The van der Waals surface area contributed by atoms with Gasteiger partial charge in [-0.15, -0.1) is 0 Å². The Labute approximate surface area is 190 Å². The van der Waals surface area contributed by atoms with Crippen molar-refractivity contribution in [3.05, 3.63) is 18.2 Å². The molecule has 1 atom stereocenters. The van der Waals surface area contributed by atoms with Crippen LogP contribution < -0.4 is 10.1 Å². The van der Waals surface area contributed by atoms with Gasteiger partial charge in [0.2, 0.25) is 10.0 Å². The Morgan fingerprint density at radius 3 is 2.72 bits per heavy atom. The first-order chi connectivity index (χ1) is 14.9. The zero-order valence-corrected chi connectivity index (χ0v) is 20.2. The summed E-state index contributed by atoms with van der Waals surface area (Å²) in [6.07, 6.45) is 1.14. The predicted octanol–water partition coefficient (Wildman–Crippen LogP) is 3.06. The van der Waals surface area contributed by atoms with Gasteiger partial charge in [0.25, 0.3) is 5.91 Å². The maximum Gasteiger partial charge on any atom is 0.410 e. The molecule has 2 aliphatic heterocycles. The van der Waals surface area contributed by atoms with Crippen molar-refractivity contribution in [2.45, 2.75) is 64.0 Å². The summed E-state index contributed by atoms with van der Waals surface area (Å²) in [6.45, 7) is 10.4. The van der Waals surface area contributed by atoms with E-state index in [0.717, 1.165) is 6.42 Å². The number of hydrogen-bond donors (Lipinski definition) is 1. The molecule has 2 amide bonds. The third-order valence-corrected chi connectivity index (χ3v) is 7.27. The second-order valence-electron chi connectivity index (χ2n) is 9.59. The first-order valence-corrected chi connectivity index (χ1v) is 12.4. The average Bonchev–Trinajstić information content (AvgIpc) is 2.70. The minimum Gasteiger partial charge on any atom is -0.482 e. The summed E-state index contributed by atoms with van der Waals surface area (Å²) in [6, 6.07) is 4.43. The van der Waals surface area contributed by atoms with Crippen LogP contribution in [0, 0.1) is 5.92 Å². The van der Waals surface area contributed by atoms with Crippen molar-refractivity contribution in [1.29, 1.82) is 0 Å². The topological polar surface area (TPSA) is 105 Å². The van der Waals surface area contributed by atoms with E-state index in [1.165, 1.54) is 16.4 Å². The van der Waals surface area contributed by atoms with E-state index in [1.807, 2.05) is 34.6 Å². The van der Waals surface area contributed by atoms with Crippen molar-refractivity contribution in [1.82, 2.24) is 9.21 Å². The summed E-state index contributed by atoms with van der Waals surface area (Å²) in [4.78, 5) is 26.0. The second-order valence-corrected chi connectivity index (χ2v) is 11.5. The number of hydrogen-bond acceptors (Lipinski definition) is 6. The van der Waals surface area contributed by atoms with Crippen molar-refractivity contribution in [2.75, 3.05) is 31.6 Å². The van der Waals surface area contributed by atoms with Crippen molar-refractivity contribution >= 4 is 27.7 Å². The standard InChI is InChI=1S/C22H33N3O6S/c1-15(2)25(21(27)31-22(3,4)5)13-16-7-6-10-24(12-16)32(28,29)17-8-9-19-18(11-17)23-20(26)14-30-19/h8-9,11,15-16H,6-7,10,12-14H2,1-5H3,(H,23,26)/t16-/m0/s1. The number of anilines is 1. The van der Waals surface area contributed by atoms with Gasteiger partial charge in [0.05, 0.1) is 10.6 Å². The molecule has 1 aromatic rings. The highest BCUT2D eigenvalue weighted by Crippen LogP contribution is 2.32. The van der Waals surface area contributed by atoms with Gasteiger partial charge in [0, 0.05) is 25.7 Å². The highest BCUT2D eigenvalue weighted by Gasteiger charge is 2.34. The van der Waals surface area contributed by atoms with Crippen LogP contribution in [0.4, 0.5) is 10.5 Å². The van der Waals surface area contributed by atoms with E-state index < -0.39 is 21.7 Å². The number of amides is 2. The lowest BCUT2D eigenvalue weighted by atomic mass is 9.98. The molecule has 1 saturated heterocycles. The van der Waals surface area contributed by atoms with Crippen LogP contribution in [-0.2, 0) is 19.6 Å². The third-order valence-electron chi connectivity index (χ3n) is 5.41. The van der Waals surface area contributed by atoms with Crippen LogP contribution in [0.5, 0.6) is 5.75 Å². The fourth-order valence-electron chi connectivity index (χ4n) is 3.86. The van der Waals surface area contributed by atoms with Crippen molar-refractivity contribution in [2.24, 2.45) is 5.92 Å². The number of carbonyl (C=O) groups excluding carboxylic acids is 2. The number of rotatable bonds is 5. The number of carbonyl (C=O) groups is 2. The summed E-state index contributed by atoms with van der Waals surface area (Å²) in [5.74, 6) is 0.125. The molecule has 0 spiro atoms. The Bertz CT molecular complexity index is 970. The molecular formula is C22H33N3O6S. The normalized spacial score (nSPS) is 19.7. The first kappa shape index (κ1) is 24.3. The van der Waals surface area contributed by atoms with Crippen LogP contribution in [0.1, 0.15) is 47.5 Å². The van der Waals surface area contributed by atoms with Crippen molar-refractivity contribution in [3.63, 3.8) is 0 Å². The Balaban J connectivity index is 1.74. The Hall–Kier alpha value is -2.33. The fraction of sp³-hybridized carbons (Fsp3) is 0.636. The van der Waals surface area contributed by atoms with Gasteiger partial charge in [-0.1, -0.05) is 0 Å². The quantitative estimate of drug-likeness (QED) is 0.714. The largest absolute Gasteiger partial charge is 0.482 e. The molecule has 0 radical (unpaired) electrons. The maximum atomic E-state index is 13.3. The van der Waals surface area contributed by atoms with Gasteiger partial charge in [0.1, 0.15) is 11.4 Å². The molecule has 32 heavy (non-hydrogen) atoms. The number of ether oxygens (including phenoxy) is 2. The highest BCUT2D eigenvalue weighted by atomic mass is 32.2. The van der Waals surface area contributed by atoms with Gasteiger partial charge in [-0.3, -0.25) is 4.79 Å². The zero-order chi connectivity index (χ0) is 23.7. The van der Waals surface area contributed by atoms with Crippen LogP contribution in [-0.4, -0.2) is 67.5 Å². The number of nitrogens with zero attached hydrogens (tertiary/aromatic N) is 2. The number of nitrogens with one attached hydrogen (secondary N) is 1. The summed E-state index contributed by atoms with van der Waals surface area (Å²) >= 11 is 0. The summed E-state index contributed by atoms with van der Waals surface area (Å²) in [5.41, 5.74) is -0.246. The summed E-state index contributed by atoms with van der Waals surface area (Å²) in [7, 11) is -3.76. The molecule has 0 bridgehead atoms. The van der Waals surface area contributed by atoms with Crippen molar-refractivity contribution in [3.8, 4) is 5.75 Å². The predicted molar refractivity (Wildman–Crippen MR) is 120 cm³/mol. The highest BCUT2D eigenvalue weighted by molar-refractivity contribution is 7.89. The number of benzene rings is 1. The maximum absolute atomic E-state index is 13.3. The van der Waals surface area contributed by atoms with Crippen LogP contribution >= 0.6 is 0 Å². The molecule has 10 heteroatoms. The molecule has 0 aromatic heterocycles. The van der Waals surface area contributed by atoms with Crippen LogP contribution in [0.25, 0.3) is 0 Å². The minimum absolute atomic E-state index is 0.00546. The lowest BCUT2D eigenvalue weighted by Gasteiger charge is -2.37. The Morgan fingerprint density at radius 2 is 2.06 bits per heavy atom. The molecule has 178 valence electrons. The summed E-state index contributed by atoms with van der Waals surface area (Å²) < 4.78 is 38.9. The molecule has 2 aliphatic rings. The number of piperidine rings is 1. The van der Waals surface area contributed by atoms with E-state index in [1.54, 1.807) is 11.0 Å². The molecule has 3 rings (SSSR count). The van der Waals surface area contributed by atoms with Crippen LogP contribution in [0.3, 0.4) is 0 Å².